The van der Waals surface area contributed by atoms with Crippen LogP contribution in [0.25, 0.3) is 0 Å². The van der Waals surface area contributed by atoms with E-state index in [0.717, 1.165) is 5.56 Å². The Balaban J connectivity index is 2.05. The predicted octanol–water partition coefficient (Wildman–Crippen LogP) is 0.906. The molecule has 0 aromatic heterocycles. The van der Waals surface area contributed by atoms with Crippen LogP contribution in [0.1, 0.15) is 18.9 Å². The standard InChI is InChI=1S/C18H24FN3O3/c1-13(23)21-10-11-22(16(12-21)18(25)20(2)3)17(24)9-6-14-4-7-15(19)8-5-14/h4-5,7-8,16H,6,9-12H2,1-3H3. The first-order chi connectivity index (χ1) is 11.8. The van der Waals surface area contributed by atoms with Crippen molar-refractivity contribution in [1.29, 1.82) is 0 Å². The summed E-state index contributed by atoms with van der Waals surface area (Å²) in [6.07, 6.45) is 0.720. The molecule has 1 atom stereocenters. The molecule has 0 N–H and O–H groups in total. The van der Waals surface area contributed by atoms with E-state index in [0.29, 0.717) is 19.5 Å². The van der Waals surface area contributed by atoms with E-state index < -0.39 is 6.04 Å². The maximum Gasteiger partial charge on any atom is 0.246 e. The predicted molar refractivity (Wildman–Crippen MR) is 91.2 cm³/mol. The summed E-state index contributed by atoms with van der Waals surface area (Å²) in [5.74, 6) is -0.740. The number of nitrogens with zero attached hydrogens (tertiary/aromatic N) is 3. The molecule has 7 heteroatoms. The lowest BCUT2D eigenvalue weighted by atomic mass is 10.1. The highest BCUT2D eigenvalue weighted by molar-refractivity contribution is 5.89. The second-order valence-corrected chi connectivity index (χ2v) is 6.43. The van der Waals surface area contributed by atoms with Gasteiger partial charge in [-0.3, -0.25) is 14.4 Å². The lowest BCUT2D eigenvalue weighted by molar-refractivity contribution is -0.151. The van der Waals surface area contributed by atoms with Crippen LogP contribution in [0.3, 0.4) is 0 Å². The fourth-order valence-corrected chi connectivity index (χ4v) is 2.92. The zero-order chi connectivity index (χ0) is 18.6. The highest BCUT2D eigenvalue weighted by Gasteiger charge is 2.36. The first-order valence-electron chi connectivity index (χ1n) is 8.30. The summed E-state index contributed by atoms with van der Waals surface area (Å²) in [5.41, 5.74) is 0.868. The highest BCUT2D eigenvalue weighted by Crippen LogP contribution is 2.15. The number of carbonyl (C=O) groups excluding carboxylic acids is 3. The number of likely N-dealkylation sites (N-methyl/N-ethyl adjacent to an activating group) is 1. The smallest absolute Gasteiger partial charge is 0.246 e. The molecule has 136 valence electrons. The maximum absolute atomic E-state index is 12.9. The molecule has 1 aliphatic rings. The summed E-state index contributed by atoms with van der Waals surface area (Å²) in [7, 11) is 3.27. The number of benzene rings is 1. The molecule has 1 unspecified atom stereocenters. The van der Waals surface area contributed by atoms with Gasteiger partial charge in [-0.1, -0.05) is 12.1 Å². The van der Waals surface area contributed by atoms with Crippen molar-refractivity contribution in [1.82, 2.24) is 14.7 Å². The molecule has 3 amide bonds. The first-order valence-corrected chi connectivity index (χ1v) is 8.30. The number of rotatable bonds is 4. The summed E-state index contributed by atoms with van der Waals surface area (Å²) in [4.78, 5) is 41.3. The van der Waals surface area contributed by atoms with Crippen molar-refractivity contribution < 1.29 is 18.8 Å². The molecule has 0 aliphatic carbocycles. The van der Waals surface area contributed by atoms with Crippen LogP contribution in [0.15, 0.2) is 24.3 Å². The van der Waals surface area contributed by atoms with Gasteiger partial charge in [0.1, 0.15) is 11.9 Å². The maximum atomic E-state index is 12.9. The number of carbonyl (C=O) groups is 3. The summed E-state index contributed by atoms with van der Waals surface area (Å²) >= 11 is 0. The van der Waals surface area contributed by atoms with Crippen molar-refractivity contribution in [2.24, 2.45) is 0 Å². The van der Waals surface area contributed by atoms with E-state index in [1.165, 1.54) is 24.0 Å². The molecule has 6 nitrogen and oxygen atoms in total. The Hall–Kier alpha value is -2.44. The molecule has 0 saturated carbocycles. The Bertz CT molecular complexity index is 645. The number of hydrogen-bond acceptors (Lipinski definition) is 3. The fourth-order valence-electron chi connectivity index (χ4n) is 2.92. The first kappa shape index (κ1) is 18.9. The van der Waals surface area contributed by atoms with Gasteiger partial charge in [0, 0.05) is 40.5 Å². The highest BCUT2D eigenvalue weighted by atomic mass is 19.1. The molecule has 1 aliphatic heterocycles. The second kappa shape index (κ2) is 8.09. The lowest BCUT2D eigenvalue weighted by Gasteiger charge is -2.41. The molecule has 1 fully saturated rings. The van der Waals surface area contributed by atoms with Crippen LogP contribution in [0.4, 0.5) is 4.39 Å². The Morgan fingerprint density at radius 3 is 2.36 bits per heavy atom. The molecule has 0 bridgehead atoms. The van der Waals surface area contributed by atoms with E-state index in [1.54, 1.807) is 36.0 Å². The van der Waals surface area contributed by atoms with Crippen molar-refractivity contribution in [3.63, 3.8) is 0 Å². The number of hydrogen-bond donors (Lipinski definition) is 0. The van der Waals surface area contributed by atoms with Gasteiger partial charge in [-0.05, 0) is 24.1 Å². The van der Waals surface area contributed by atoms with Crippen LogP contribution < -0.4 is 0 Å². The van der Waals surface area contributed by atoms with E-state index in [4.69, 9.17) is 0 Å². The SMILES string of the molecule is CC(=O)N1CCN(C(=O)CCc2ccc(F)cc2)C(C(=O)N(C)C)C1. The average Bonchev–Trinajstić information content (AvgIpc) is 2.59. The summed E-state index contributed by atoms with van der Waals surface area (Å²) in [6.45, 7) is 2.44. The number of piperazine rings is 1. The van der Waals surface area contributed by atoms with Crippen LogP contribution in [0.5, 0.6) is 0 Å². The zero-order valence-electron chi connectivity index (χ0n) is 14.9. The molecule has 1 aromatic rings. The third kappa shape index (κ3) is 4.78. The minimum absolute atomic E-state index is 0.102. The fraction of sp³-hybridized carbons (Fsp3) is 0.500. The van der Waals surface area contributed by atoms with Crippen LogP contribution in [0, 0.1) is 5.82 Å². The minimum atomic E-state index is -0.659. The molecule has 1 saturated heterocycles. The topological polar surface area (TPSA) is 60.9 Å². The Morgan fingerprint density at radius 1 is 1.16 bits per heavy atom. The van der Waals surface area contributed by atoms with E-state index >= 15 is 0 Å². The van der Waals surface area contributed by atoms with Gasteiger partial charge in [0.25, 0.3) is 0 Å². The van der Waals surface area contributed by atoms with Crippen LogP contribution in [-0.4, -0.2) is 72.2 Å². The number of halogens is 1. The van der Waals surface area contributed by atoms with Crippen LogP contribution >= 0.6 is 0 Å². The van der Waals surface area contributed by atoms with Gasteiger partial charge >= 0.3 is 0 Å². The third-order valence-corrected chi connectivity index (χ3v) is 4.41. The van der Waals surface area contributed by atoms with E-state index in [9.17, 15) is 18.8 Å². The van der Waals surface area contributed by atoms with Crippen molar-refractivity contribution >= 4 is 17.7 Å². The monoisotopic (exact) mass is 349 g/mol. The van der Waals surface area contributed by atoms with Gasteiger partial charge < -0.3 is 14.7 Å². The Labute approximate surface area is 147 Å². The van der Waals surface area contributed by atoms with Crippen LogP contribution in [-0.2, 0) is 20.8 Å². The van der Waals surface area contributed by atoms with Crippen molar-refractivity contribution in [2.75, 3.05) is 33.7 Å². The molecule has 25 heavy (non-hydrogen) atoms. The van der Waals surface area contributed by atoms with Crippen LogP contribution in [0.2, 0.25) is 0 Å². The molecule has 1 heterocycles. The average molecular weight is 349 g/mol. The normalized spacial score (nSPS) is 17.4. The largest absolute Gasteiger partial charge is 0.347 e. The molecular formula is C18H24FN3O3. The molecule has 0 spiro atoms. The van der Waals surface area contributed by atoms with E-state index in [2.05, 4.69) is 0 Å². The van der Waals surface area contributed by atoms with Gasteiger partial charge in [-0.25, -0.2) is 4.39 Å². The lowest BCUT2D eigenvalue weighted by Crippen LogP contribution is -2.61. The molecule has 2 rings (SSSR count). The van der Waals surface area contributed by atoms with Crippen molar-refractivity contribution in [3.05, 3.63) is 35.6 Å². The number of aryl methyl sites for hydroxylation is 1. The van der Waals surface area contributed by atoms with Crippen molar-refractivity contribution in [2.45, 2.75) is 25.8 Å². The molecule has 0 radical (unpaired) electrons. The van der Waals surface area contributed by atoms with Gasteiger partial charge in [-0.15, -0.1) is 0 Å². The minimum Gasteiger partial charge on any atom is -0.347 e. The summed E-state index contributed by atoms with van der Waals surface area (Å²) < 4.78 is 12.9. The van der Waals surface area contributed by atoms with Gasteiger partial charge in [-0.2, -0.15) is 0 Å². The Morgan fingerprint density at radius 2 is 1.80 bits per heavy atom. The molecular weight excluding hydrogens is 325 g/mol. The summed E-state index contributed by atoms with van der Waals surface area (Å²) in [6, 6.07) is 5.37. The molecule has 1 aromatic carbocycles. The van der Waals surface area contributed by atoms with E-state index in [1.807, 2.05) is 0 Å². The zero-order valence-corrected chi connectivity index (χ0v) is 14.9. The second-order valence-electron chi connectivity index (χ2n) is 6.43. The quantitative estimate of drug-likeness (QED) is 0.812. The van der Waals surface area contributed by atoms with E-state index in [-0.39, 0.29) is 36.5 Å². The van der Waals surface area contributed by atoms with Gasteiger partial charge in [0.15, 0.2) is 0 Å². The van der Waals surface area contributed by atoms with Gasteiger partial charge in [0.2, 0.25) is 17.7 Å². The third-order valence-electron chi connectivity index (χ3n) is 4.41. The van der Waals surface area contributed by atoms with Gasteiger partial charge in [0.05, 0.1) is 6.54 Å². The summed E-state index contributed by atoms with van der Waals surface area (Å²) in [5, 5.41) is 0. The number of amides is 3. The van der Waals surface area contributed by atoms with Crippen molar-refractivity contribution in [3.8, 4) is 0 Å². The Kier molecular flexibility index (Phi) is 6.12.